The smallest absolute Gasteiger partial charge is 0.325 e. The van der Waals surface area contributed by atoms with Gasteiger partial charge >= 0.3 is 5.97 Å². The van der Waals surface area contributed by atoms with Crippen LogP contribution in [-0.4, -0.2) is 47.3 Å². The van der Waals surface area contributed by atoms with Crippen molar-refractivity contribution in [1.29, 1.82) is 0 Å². The van der Waals surface area contributed by atoms with Crippen LogP contribution in [0.4, 0.5) is 0 Å². The Balaban J connectivity index is 2.32. The summed E-state index contributed by atoms with van der Waals surface area (Å²) in [7, 11) is 1.24. The minimum atomic E-state index is -0.571. The van der Waals surface area contributed by atoms with Gasteiger partial charge in [-0.3, -0.25) is 14.5 Å². The van der Waals surface area contributed by atoms with Crippen LogP contribution in [0.3, 0.4) is 0 Å². The molecule has 1 saturated heterocycles. The summed E-state index contributed by atoms with van der Waals surface area (Å²) in [6.45, 7) is 1.92. The fraction of sp³-hybridized carbons (Fsp3) is 0.267. The van der Waals surface area contributed by atoms with Crippen molar-refractivity contribution in [3.63, 3.8) is 0 Å². The van der Waals surface area contributed by atoms with Gasteiger partial charge in [0.25, 0.3) is 5.91 Å². The molecule has 0 aliphatic carbocycles. The lowest BCUT2D eigenvalue weighted by Crippen LogP contribution is -2.35. The zero-order chi connectivity index (χ0) is 17.9. The van der Waals surface area contributed by atoms with E-state index in [9.17, 15) is 14.7 Å². The first kappa shape index (κ1) is 18.2. The van der Waals surface area contributed by atoms with Crippen LogP contribution in [0.2, 0.25) is 0 Å². The Hall–Kier alpha value is -2.13. The van der Waals surface area contributed by atoms with E-state index in [4.69, 9.17) is 17.0 Å². The van der Waals surface area contributed by atoms with Gasteiger partial charge in [-0.15, -0.1) is 0 Å². The number of amides is 1. The minimum Gasteiger partial charge on any atom is -0.504 e. The van der Waals surface area contributed by atoms with Gasteiger partial charge < -0.3 is 19.9 Å². The molecule has 0 unspecified atom stereocenters. The Morgan fingerprint density at radius 1 is 1.50 bits per heavy atom. The number of carbonyl (C=O) groups excluding carboxylic acids is 2. The lowest BCUT2D eigenvalue weighted by molar-refractivity contribution is -0.143. The number of phenolic OH excluding ortho intramolecular Hbond substituents is 1. The first-order valence-electron chi connectivity index (χ1n) is 6.94. The standard InChI is InChI=1S/C15H15BrN2O5S/c1-3-23-12-5-8(9(16)6-11(12)19)4-10-14(21)18(15(24)17-10)7-13(20)22-2/h4-6,19H,3,7H2,1-2H3,(H,17,24)/b10-4-. The van der Waals surface area contributed by atoms with Gasteiger partial charge in [0.15, 0.2) is 16.6 Å². The predicted octanol–water partition coefficient (Wildman–Crippen LogP) is 1.78. The number of hydrogen-bond donors (Lipinski definition) is 2. The number of ether oxygens (including phenoxy) is 2. The Morgan fingerprint density at radius 2 is 2.21 bits per heavy atom. The zero-order valence-corrected chi connectivity index (χ0v) is 15.4. The Labute approximate surface area is 152 Å². The van der Waals surface area contributed by atoms with E-state index in [1.807, 2.05) is 0 Å². The number of phenols is 1. The first-order valence-corrected chi connectivity index (χ1v) is 8.14. The van der Waals surface area contributed by atoms with Gasteiger partial charge in [0.05, 0.1) is 13.7 Å². The van der Waals surface area contributed by atoms with Crippen molar-refractivity contribution in [3.05, 3.63) is 27.9 Å². The van der Waals surface area contributed by atoms with Crippen LogP contribution in [0.25, 0.3) is 6.08 Å². The molecule has 1 fully saturated rings. The normalized spacial score (nSPS) is 15.6. The zero-order valence-electron chi connectivity index (χ0n) is 13.0. The molecule has 24 heavy (non-hydrogen) atoms. The van der Waals surface area contributed by atoms with E-state index < -0.39 is 11.9 Å². The van der Waals surface area contributed by atoms with E-state index in [0.717, 1.165) is 4.90 Å². The SMILES string of the molecule is CCOc1cc(/C=C2\NC(=S)N(CC(=O)OC)C2=O)c(Br)cc1O. The third-order valence-electron chi connectivity index (χ3n) is 3.16. The summed E-state index contributed by atoms with van der Waals surface area (Å²) in [6.07, 6.45) is 1.55. The molecule has 1 amide bonds. The van der Waals surface area contributed by atoms with Gasteiger partial charge in [-0.1, -0.05) is 15.9 Å². The van der Waals surface area contributed by atoms with Crippen molar-refractivity contribution in [1.82, 2.24) is 10.2 Å². The highest BCUT2D eigenvalue weighted by atomic mass is 79.9. The van der Waals surface area contributed by atoms with Crippen LogP contribution in [0.15, 0.2) is 22.3 Å². The minimum absolute atomic E-state index is 0.0144. The highest BCUT2D eigenvalue weighted by molar-refractivity contribution is 9.10. The van der Waals surface area contributed by atoms with Gasteiger partial charge in [0.2, 0.25) is 0 Å². The highest BCUT2D eigenvalue weighted by Gasteiger charge is 2.32. The second-order valence-electron chi connectivity index (χ2n) is 4.73. The van der Waals surface area contributed by atoms with Crippen LogP contribution in [0.5, 0.6) is 11.5 Å². The first-order chi connectivity index (χ1) is 11.4. The molecule has 1 aromatic carbocycles. The Morgan fingerprint density at radius 3 is 2.83 bits per heavy atom. The molecule has 1 heterocycles. The molecule has 0 saturated carbocycles. The molecule has 1 aliphatic heterocycles. The van der Waals surface area contributed by atoms with Crippen LogP contribution in [0.1, 0.15) is 12.5 Å². The fourth-order valence-corrected chi connectivity index (χ4v) is 2.71. The molecule has 9 heteroatoms. The van der Waals surface area contributed by atoms with Gasteiger partial charge in [-0.2, -0.15) is 0 Å². The van der Waals surface area contributed by atoms with Crippen molar-refractivity contribution >= 4 is 51.2 Å². The van der Waals surface area contributed by atoms with Crippen LogP contribution >= 0.6 is 28.1 Å². The van der Waals surface area contributed by atoms with Crippen LogP contribution < -0.4 is 10.1 Å². The number of aromatic hydroxyl groups is 1. The molecule has 128 valence electrons. The lowest BCUT2D eigenvalue weighted by atomic mass is 10.1. The largest absolute Gasteiger partial charge is 0.504 e. The Kier molecular flexibility index (Phi) is 5.79. The van der Waals surface area contributed by atoms with Crippen molar-refractivity contribution < 1.29 is 24.2 Å². The van der Waals surface area contributed by atoms with Gasteiger partial charge in [-0.05, 0) is 42.9 Å². The summed E-state index contributed by atoms with van der Waals surface area (Å²) in [5, 5.41) is 12.7. The number of rotatable bonds is 5. The summed E-state index contributed by atoms with van der Waals surface area (Å²) in [5.74, 6) is -0.729. The van der Waals surface area contributed by atoms with E-state index in [1.54, 1.807) is 19.1 Å². The number of carbonyl (C=O) groups is 2. The number of nitrogens with zero attached hydrogens (tertiary/aromatic N) is 1. The monoisotopic (exact) mass is 414 g/mol. The summed E-state index contributed by atoms with van der Waals surface area (Å²) in [5.41, 5.74) is 0.813. The van der Waals surface area contributed by atoms with Gasteiger partial charge in [0, 0.05) is 4.47 Å². The summed E-state index contributed by atoms with van der Waals surface area (Å²) >= 11 is 8.39. The molecule has 7 nitrogen and oxygen atoms in total. The number of nitrogens with one attached hydrogen (secondary N) is 1. The second kappa shape index (κ2) is 7.63. The molecule has 0 radical (unpaired) electrons. The van der Waals surface area contributed by atoms with E-state index in [2.05, 4.69) is 26.0 Å². The summed E-state index contributed by atoms with van der Waals surface area (Å²) in [6, 6.07) is 3.07. The summed E-state index contributed by atoms with van der Waals surface area (Å²) in [4.78, 5) is 24.8. The van der Waals surface area contributed by atoms with Crippen molar-refractivity contribution in [2.24, 2.45) is 0 Å². The maximum absolute atomic E-state index is 12.4. The molecular formula is C15H15BrN2O5S. The van der Waals surface area contributed by atoms with Gasteiger partial charge in [-0.25, -0.2) is 0 Å². The maximum atomic E-state index is 12.4. The molecule has 2 rings (SSSR count). The molecule has 0 atom stereocenters. The Bertz CT molecular complexity index is 735. The quantitative estimate of drug-likeness (QED) is 0.431. The highest BCUT2D eigenvalue weighted by Crippen LogP contribution is 2.34. The summed E-state index contributed by atoms with van der Waals surface area (Å²) < 4.78 is 10.4. The number of methoxy groups -OCH3 is 1. The average Bonchev–Trinajstić information content (AvgIpc) is 2.79. The molecule has 0 bridgehead atoms. The second-order valence-corrected chi connectivity index (χ2v) is 5.97. The molecule has 2 N–H and O–H groups in total. The molecule has 1 aliphatic rings. The number of benzene rings is 1. The molecule has 1 aromatic rings. The maximum Gasteiger partial charge on any atom is 0.325 e. The van der Waals surface area contributed by atoms with E-state index >= 15 is 0 Å². The molecule has 0 spiro atoms. The van der Waals surface area contributed by atoms with E-state index in [-0.39, 0.29) is 23.1 Å². The van der Waals surface area contributed by atoms with Crippen molar-refractivity contribution in [2.45, 2.75) is 6.92 Å². The average molecular weight is 415 g/mol. The number of hydrogen-bond acceptors (Lipinski definition) is 6. The van der Waals surface area contributed by atoms with E-state index in [0.29, 0.717) is 22.4 Å². The van der Waals surface area contributed by atoms with E-state index in [1.165, 1.54) is 13.2 Å². The number of halogens is 1. The van der Waals surface area contributed by atoms with Crippen molar-refractivity contribution in [2.75, 3.05) is 20.3 Å². The van der Waals surface area contributed by atoms with Crippen LogP contribution in [-0.2, 0) is 14.3 Å². The number of thiocarbonyl (C=S) groups is 1. The topological polar surface area (TPSA) is 88.1 Å². The third kappa shape index (κ3) is 3.85. The molecule has 0 aromatic heterocycles. The predicted molar refractivity (Wildman–Crippen MR) is 94.4 cm³/mol. The van der Waals surface area contributed by atoms with Crippen molar-refractivity contribution in [3.8, 4) is 11.5 Å². The fourth-order valence-electron chi connectivity index (χ4n) is 2.00. The number of esters is 1. The van der Waals surface area contributed by atoms with Gasteiger partial charge in [0.1, 0.15) is 12.2 Å². The van der Waals surface area contributed by atoms with Crippen LogP contribution in [0, 0.1) is 0 Å². The lowest BCUT2D eigenvalue weighted by Gasteiger charge is -2.11. The molecular weight excluding hydrogens is 400 g/mol. The third-order valence-corrected chi connectivity index (χ3v) is 4.16.